The van der Waals surface area contributed by atoms with Gasteiger partial charge in [-0.15, -0.1) is 0 Å². The molecule has 1 fully saturated rings. The number of nitrogens with zero attached hydrogens (tertiary/aromatic N) is 2. The van der Waals surface area contributed by atoms with Gasteiger partial charge in [-0.05, 0) is 33.3 Å². The van der Waals surface area contributed by atoms with Crippen LogP contribution in [-0.2, 0) is 16.1 Å². The Labute approximate surface area is 177 Å². The standard InChI is InChI=1S/C20H26F4N2O5/c1-12-5-6-14(16(15(12)21)31-19(3,4)17(27)28)11-25-7-9-26(10-8-25)18(29)30-13(2)20(22,23)24/h5-6,13H,7-11H2,1-4H3,(H,27,28). The van der Waals surface area contributed by atoms with Gasteiger partial charge < -0.3 is 19.5 Å². The molecule has 0 bridgehead atoms. The Bertz CT molecular complexity index is 821. The minimum Gasteiger partial charge on any atom is -0.478 e. The first-order valence-corrected chi connectivity index (χ1v) is 9.67. The van der Waals surface area contributed by atoms with E-state index in [9.17, 15) is 32.3 Å². The number of carboxylic acid groups (broad SMARTS) is 1. The SMILES string of the molecule is Cc1ccc(CN2CCN(C(=O)OC(C)C(F)(F)F)CC2)c(OC(C)(C)C(=O)O)c1F. The summed E-state index contributed by atoms with van der Waals surface area (Å²) >= 11 is 0. The summed E-state index contributed by atoms with van der Waals surface area (Å²) < 4.78 is 62.3. The molecule has 31 heavy (non-hydrogen) atoms. The quantitative estimate of drug-likeness (QED) is 0.668. The number of halogens is 4. The van der Waals surface area contributed by atoms with Gasteiger partial charge in [0.2, 0.25) is 0 Å². The number of carbonyl (C=O) groups is 2. The number of carboxylic acids is 1. The third-order valence-corrected chi connectivity index (χ3v) is 5.01. The molecule has 0 spiro atoms. The van der Waals surface area contributed by atoms with Crippen LogP contribution in [0, 0.1) is 12.7 Å². The number of rotatable bonds is 6. The zero-order chi connectivity index (χ0) is 23.6. The summed E-state index contributed by atoms with van der Waals surface area (Å²) in [5, 5.41) is 9.29. The topological polar surface area (TPSA) is 79.3 Å². The minimum absolute atomic E-state index is 0.133. The molecule has 1 amide bonds. The molecule has 1 unspecified atom stereocenters. The van der Waals surface area contributed by atoms with Crippen molar-refractivity contribution in [3.63, 3.8) is 0 Å². The second-order valence-electron chi connectivity index (χ2n) is 7.93. The van der Waals surface area contributed by atoms with Gasteiger partial charge >= 0.3 is 18.2 Å². The molecule has 1 aliphatic rings. The van der Waals surface area contributed by atoms with Crippen molar-refractivity contribution in [2.24, 2.45) is 0 Å². The molecule has 0 aliphatic carbocycles. The zero-order valence-electron chi connectivity index (χ0n) is 17.8. The number of benzene rings is 1. The number of carbonyl (C=O) groups excluding carboxylic acids is 1. The first-order valence-electron chi connectivity index (χ1n) is 9.67. The number of piperazine rings is 1. The summed E-state index contributed by atoms with van der Waals surface area (Å²) in [7, 11) is 0. The molecule has 11 heteroatoms. The predicted octanol–water partition coefficient (Wildman–Crippen LogP) is 3.58. The maximum absolute atomic E-state index is 14.7. The van der Waals surface area contributed by atoms with Crippen molar-refractivity contribution in [3.8, 4) is 5.75 Å². The van der Waals surface area contributed by atoms with Gasteiger partial charge in [0, 0.05) is 38.3 Å². The molecule has 1 atom stereocenters. The average molecular weight is 450 g/mol. The summed E-state index contributed by atoms with van der Waals surface area (Å²) in [4.78, 5) is 26.4. The lowest BCUT2D eigenvalue weighted by atomic mass is 10.1. The van der Waals surface area contributed by atoms with E-state index in [-0.39, 0.29) is 25.4 Å². The molecule has 1 N–H and O–H groups in total. The Morgan fingerprint density at radius 2 is 1.74 bits per heavy atom. The molecule has 7 nitrogen and oxygen atoms in total. The largest absolute Gasteiger partial charge is 0.478 e. The second-order valence-corrected chi connectivity index (χ2v) is 7.93. The number of aryl methyl sites for hydroxylation is 1. The molecule has 1 saturated heterocycles. The van der Waals surface area contributed by atoms with Crippen LogP contribution in [0.2, 0.25) is 0 Å². The molecule has 1 aromatic carbocycles. The molecule has 1 aliphatic heterocycles. The molecule has 1 heterocycles. The van der Waals surface area contributed by atoms with Gasteiger partial charge in [-0.1, -0.05) is 12.1 Å². The van der Waals surface area contributed by atoms with E-state index in [1.165, 1.54) is 25.7 Å². The van der Waals surface area contributed by atoms with Gasteiger partial charge in [0.25, 0.3) is 0 Å². The van der Waals surface area contributed by atoms with Crippen LogP contribution in [-0.4, -0.2) is 71.0 Å². The Morgan fingerprint density at radius 1 is 1.16 bits per heavy atom. The van der Waals surface area contributed by atoms with Crippen LogP contribution in [0.1, 0.15) is 31.9 Å². The Morgan fingerprint density at radius 3 is 2.26 bits per heavy atom. The minimum atomic E-state index is -4.63. The Hall–Kier alpha value is -2.56. The molecule has 0 radical (unpaired) electrons. The first-order chi connectivity index (χ1) is 14.2. The van der Waals surface area contributed by atoms with Crippen LogP contribution in [0.5, 0.6) is 5.75 Å². The molecule has 1 aromatic rings. The molecule has 174 valence electrons. The Balaban J connectivity index is 2.05. The van der Waals surface area contributed by atoms with Crippen molar-refractivity contribution >= 4 is 12.1 Å². The fraction of sp³-hybridized carbons (Fsp3) is 0.600. The maximum Gasteiger partial charge on any atom is 0.425 e. The van der Waals surface area contributed by atoms with Gasteiger partial charge in [-0.3, -0.25) is 4.90 Å². The summed E-state index contributed by atoms with van der Waals surface area (Å²) in [6.07, 6.45) is -7.88. The third kappa shape index (κ3) is 6.22. The zero-order valence-corrected chi connectivity index (χ0v) is 17.8. The summed E-state index contributed by atoms with van der Waals surface area (Å²) in [6, 6.07) is 3.19. The van der Waals surface area contributed by atoms with Gasteiger partial charge in [0.1, 0.15) is 0 Å². The highest BCUT2D eigenvalue weighted by Gasteiger charge is 2.40. The van der Waals surface area contributed by atoms with Crippen LogP contribution >= 0.6 is 0 Å². The van der Waals surface area contributed by atoms with Crippen molar-refractivity contribution in [1.29, 1.82) is 0 Å². The normalized spacial score (nSPS) is 16.7. The van der Waals surface area contributed by atoms with E-state index in [2.05, 4.69) is 4.74 Å². The smallest absolute Gasteiger partial charge is 0.425 e. The van der Waals surface area contributed by atoms with E-state index in [4.69, 9.17) is 4.74 Å². The van der Waals surface area contributed by atoms with Gasteiger partial charge in [0.15, 0.2) is 23.3 Å². The monoisotopic (exact) mass is 450 g/mol. The fourth-order valence-electron chi connectivity index (χ4n) is 2.85. The summed E-state index contributed by atoms with van der Waals surface area (Å²) in [5.74, 6) is -2.07. The van der Waals surface area contributed by atoms with Crippen LogP contribution < -0.4 is 4.74 Å². The van der Waals surface area contributed by atoms with Crippen molar-refractivity contribution in [1.82, 2.24) is 9.80 Å². The van der Waals surface area contributed by atoms with Crippen molar-refractivity contribution in [3.05, 3.63) is 29.1 Å². The van der Waals surface area contributed by atoms with E-state index in [0.717, 1.165) is 6.92 Å². The number of hydrogen-bond donors (Lipinski definition) is 1. The van der Waals surface area contributed by atoms with E-state index in [0.29, 0.717) is 24.2 Å². The highest BCUT2D eigenvalue weighted by atomic mass is 19.4. The highest BCUT2D eigenvalue weighted by molar-refractivity contribution is 5.76. The molecular weight excluding hydrogens is 424 g/mol. The van der Waals surface area contributed by atoms with E-state index >= 15 is 0 Å². The van der Waals surface area contributed by atoms with Crippen molar-refractivity contribution in [2.45, 2.75) is 52.1 Å². The number of ether oxygens (including phenoxy) is 2. The van der Waals surface area contributed by atoms with Crippen LogP contribution in [0.3, 0.4) is 0 Å². The second kappa shape index (κ2) is 9.29. The van der Waals surface area contributed by atoms with E-state index in [1.807, 2.05) is 4.90 Å². The number of alkyl halides is 3. The fourth-order valence-corrected chi connectivity index (χ4v) is 2.85. The molecular formula is C20H26F4N2O5. The lowest BCUT2D eigenvalue weighted by molar-refractivity contribution is -0.200. The maximum atomic E-state index is 14.7. The number of aliphatic carboxylic acids is 1. The lowest BCUT2D eigenvalue weighted by Crippen LogP contribution is -2.49. The molecule has 0 saturated carbocycles. The van der Waals surface area contributed by atoms with Gasteiger partial charge in [-0.2, -0.15) is 13.2 Å². The highest BCUT2D eigenvalue weighted by Crippen LogP contribution is 2.31. The van der Waals surface area contributed by atoms with Crippen LogP contribution in [0.15, 0.2) is 12.1 Å². The van der Waals surface area contributed by atoms with Gasteiger partial charge in [-0.25, -0.2) is 14.0 Å². The first kappa shape index (κ1) is 24.7. The predicted molar refractivity (Wildman–Crippen MR) is 102 cm³/mol. The average Bonchev–Trinajstić information content (AvgIpc) is 2.67. The van der Waals surface area contributed by atoms with Crippen LogP contribution in [0.25, 0.3) is 0 Å². The number of hydrogen-bond acceptors (Lipinski definition) is 5. The van der Waals surface area contributed by atoms with Crippen molar-refractivity contribution in [2.75, 3.05) is 26.2 Å². The summed E-state index contributed by atoms with van der Waals surface area (Å²) in [5.41, 5.74) is -0.925. The lowest BCUT2D eigenvalue weighted by Gasteiger charge is -2.35. The number of amides is 1. The Kier molecular flexibility index (Phi) is 7.40. The van der Waals surface area contributed by atoms with Crippen molar-refractivity contribution < 1.29 is 41.7 Å². The van der Waals surface area contributed by atoms with Gasteiger partial charge in [0.05, 0.1) is 0 Å². The molecule has 0 aromatic heterocycles. The van der Waals surface area contributed by atoms with E-state index in [1.54, 1.807) is 12.1 Å². The molecule has 2 rings (SSSR count). The summed E-state index contributed by atoms with van der Waals surface area (Å²) in [6.45, 7) is 6.03. The third-order valence-electron chi connectivity index (χ3n) is 5.01. The van der Waals surface area contributed by atoms with Crippen LogP contribution in [0.4, 0.5) is 22.4 Å². The van der Waals surface area contributed by atoms with E-state index < -0.39 is 35.8 Å².